The number of ether oxygens (including phenoxy) is 1. The molecule has 0 amide bonds. The minimum atomic E-state index is -4.28. The monoisotopic (exact) mass is 622 g/mol. The Kier molecular flexibility index (Phi) is 6.79. The Morgan fingerprint density at radius 1 is 0.978 bits per heavy atom. The van der Waals surface area contributed by atoms with E-state index >= 15 is 4.39 Å². The topological polar surface area (TPSA) is 77.9 Å². The Balaban J connectivity index is 1.22. The van der Waals surface area contributed by atoms with E-state index in [1.165, 1.54) is 12.3 Å². The fourth-order valence-corrected chi connectivity index (χ4v) is 8.29. The maximum atomic E-state index is 16.7. The Morgan fingerprint density at radius 2 is 1.71 bits per heavy atom. The molecule has 45 heavy (non-hydrogen) atoms. The Hall–Kier alpha value is -3.77. The molecule has 0 unspecified atom stereocenters. The number of rotatable bonds is 6. The molecule has 0 aliphatic carbocycles. The highest BCUT2D eigenvalue weighted by molar-refractivity contribution is 5.99. The van der Waals surface area contributed by atoms with Crippen LogP contribution in [0.1, 0.15) is 38.5 Å². The molecule has 236 valence electrons. The fraction of sp³-hybridized carbons (Fsp3) is 0.485. The first-order valence-electron chi connectivity index (χ1n) is 15.7. The predicted octanol–water partition coefficient (Wildman–Crippen LogP) is 5.91. The lowest BCUT2D eigenvalue weighted by Crippen LogP contribution is -2.56. The summed E-state index contributed by atoms with van der Waals surface area (Å²) in [5.41, 5.74) is 0.419. The Labute approximate surface area is 257 Å². The molecule has 8 rings (SSSR count). The average molecular weight is 623 g/mol. The summed E-state index contributed by atoms with van der Waals surface area (Å²) in [7, 11) is 0. The van der Waals surface area contributed by atoms with E-state index in [4.69, 9.17) is 9.72 Å². The molecular weight excluding hydrogens is 588 g/mol. The fourth-order valence-electron chi connectivity index (χ4n) is 8.29. The second-order valence-electron chi connectivity index (χ2n) is 13.0. The van der Waals surface area contributed by atoms with E-state index in [0.717, 1.165) is 49.5 Å². The van der Waals surface area contributed by atoms with Crippen LogP contribution in [0.15, 0.2) is 42.6 Å². The van der Waals surface area contributed by atoms with Crippen LogP contribution in [0.5, 0.6) is 11.8 Å². The van der Waals surface area contributed by atoms with Crippen LogP contribution < -0.4 is 9.64 Å². The molecule has 0 radical (unpaired) electrons. The maximum Gasteiger partial charge on any atom is 0.401 e. The number of piperazine rings is 1. The summed E-state index contributed by atoms with van der Waals surface area (Å²) >= 11 is 0. The van der Waals surface area contributed by atoms with Gasteiger partial charge in [-0.3, -0.25) is 14.8 Å². The van der Waals surface area contributed by atoms with Crippen molar-refractivity contribution in [3.05, 3.63) is 48.4 Å². The van der Waals surface area contributed by atoms with Crippen molar-refractivity contribution in [2.75, 3.05) is 44.2 Å². The Morgan fingerprint density at radius 3 is 2.44 bits per heavy atom. The van der Waals surface area contributed by atoms with Gasteiger partial charge in [-0.05, 0) is 74.5 Å². The number of aromatic hydroxyl groups is 1. The molecule has 4 aromatic rings. The summed E-state index contributed by atoms with van der Waals surface area (Å²) in [6.07, 6.45) is 2.80. The van der Waals surface area contributed by atoms with Crippen LogP contribution in [0.2, 0.25) is 0 Å². The maximum absolute atomic E-state index is 16.7. The summed E-state index contributed by atoms with van der Waals surface area (Å²) in [4.78, 5) is 19.9. The third kappa shape index (κ3) is 5.02. The number of phenolic OH excluding ortho intramolecular Hbond substituents is 1. The molecule has 2 atom stereocenters. The van der Waals surface area contributed by atoms with Gasteiger partial charge in [0.15, 0.2) is 5.82 Å². The summed E-state index contributed by atoms with van der Waals surface area (Å²) in [6.45, 7) is 2.16. The first kappa shape index (κ1) is 28.7. The molecule has 4 aliphatic heterocycles. The van der Waals surface area contributed by atoms with Crippen molar-refractivity contribution >= 4 is 27.5 Å². The van der Waals surface area contributed by atoms with Gasteiger partial charge in [0, 0.05) is 36.9 Å². The van der Waals surface area contributed by atoms with E-state index in [2.05, 4.69) is 14.9 Å². The van der Waals surface area contributed by atoms with Gasteiger partial charge in [-0.1, -0.05) is 24.3 Å². The zero-order chi connectivity index (χ0) is 30.9. The number of aromatic nitrogens is 3. The zero-order valence-corrected chi connectivity index (χ0v) is 24.7. The Bertz CT molecular complexity index is 1760. The van der Waals surface area contributed by atoms with Gasteiger partial charge in [-0.2, -0.15) is 23.1 Å². The second-order valence-corrected chi connectivity index (χ2v) is 13.0. The highest BCUT2D eigenvalue weighted by atomic mass is 19.4. The van der Waals surface area contributed by atoms with E-state index in [0.29, 0.717) is 49.3 Å². The molecule has 4 saturated heterocycles. The largest absolute Gasteiger partial charge is 0.508 e. The predicted molar refractivity (Wildman–Crippen MR) is 162 cm³/mol. The lowest BCUT2D eigenvalue weighted by Gasteiger charge is -2.42. The van der Waals surface area contributed by atoms with Crippen molar-refractivity contribution in [1.82, 2.24) is 24.8 Å². The summed E-state index contributed by atoms with van der Waals surface area (Å²) in [5, 5.41) is 12.3. The third-order valence-corrected chi connectivity index (χ3v) is 10.3. The van der Waals surface area contributed by atoms with Crippen molar-refractivity contribution in [1.29, 1.82) is 0 Å². The van der Waals surface area contributed by atoms with Gasteiger partial charge in [0.25, 0.3) is 0 Å². The van der Waals surface area contributed by atoms with E-state index in [-0.39, 0.29) is 40.6 Å². The number of hydrogen-bond acceptors (Lipinski definition) is 8. The lowest BCUT2D eigenvalue weighted by atomic mass is 9.95. The first-order chi connectivity index (χ1) is 21.7. The molecule has 4 fully saturated rings. The van der Waals surface area contributed by atoms with Crippen LogP contribution in [-0.4, -0.2) is 93.0 Å². The number of benzene rings is 2. The smallest absolute Gasteiger partial charge is 0.401 e. The number of hydrogen-bond donors (Lipinski definition) is 1. The summed E-state index contributed by atoms with van der Waals surface area (Å²) < 4.78 is 63.1. The standard InChI is InChI=1S/C33H34F4N6O2/c34-27-28(25-14-23(44)13-20-5-1-2-6-24(20)25)38-15-26-29(27)39-31(45-19-32-9-3-11-42(32)12-4-10-32)40-30(26)41-16-21-7-8-22(17-41)43(21)18-33(35,36)37/h1-2,5-6,13-15,21-22,44H,3-4,7-12,16-19H2/t21-,22+. The van der Waals surface area contributed by atoms with E-state index in [9.17, 15) is 18.3 Å². The van der Waals surface area contributed by atoms with Gasteiger partial charge in [0.05, 0.1) is 17.5 Å². The van der Waals surface area contributed by atoms with Crippen LogP contribution in [0.25, 0.3) is 32.9 Å². The minimum Gasteiger partial charge on any atom is -0.508 e. The molecule has 1 N–H and O–H groups in total. The number of alkyl halides is 3. The average Bonchev–Trinajstić information content (AvgIpc) is 3.64. The molecule has 0 saturated carbocycles. The van der Waals surface area contributed by atoms with E-state index < -0.39 is 18.5 Å². The normalized spacial score (nSPS) is 23.3. The van der Waals surface area contributed by atoms with Crippen molar-refractivity contribution in [2.24, 2.45) is 0 Å². The van der Waals surface area contributed by atoms with Crippen LogP contribution in [-0.2, 0) is 0 Å². The highest BCUT2D eigenvalue weighted by Gasteiger charge is 2.47. The van der Waals surface area contributed by atoms with Crippen LogP contribution in [0.3, 0.4) is 0 Å². The van der Waals surface area contributed by atoms with Crippen molar-refractivity contribution in [2.45, 2.75) is 62.3 Å². The molecule has 6 heterocycles. The SMILES string of the molecule is Oc1cc(-c2ncc3c(N4C[C@H]5CC[C@@H](C4)N5CC(F)(F)F)nc(OCC45CCCN4CCC5)nc3c2F)c2ccccc2c1. The lowest BCUT2D eigenvalue weighted by molar-refractivity contribution is -0.153. The molecule has 2 aromatic heterocycles. The second kappa shape index (κ2) is 10.7. The number of fused-ring (bicyclic) bond motifs is 5. The van der Waals surface area contributed by atoms with Crippen molar-refractivity contribution in [3.8, 4) is 23.0 Å². The molecule has 8 nitrogen and oxygen atoms in total. The molecule has 12 heteroatoms. The molecule has 4 aliphatic rings. The molecule has 2 aromatic carbocycles. The number of pyridine rings is 1. The van der Waals surface area contributed by atoms with Gasteiger partial charge in [-0.15, -0.1) is 0 Å². The van der Waals surface area contributed by atoms with Gasteiger partial charge in [-0.25, -0.2) is 4.39 Å². The van der Waals surface area contributed by atoms with Crippen molar-refractivity contribution in [3.63, 3.8) is 0 Å². The van der Waals surface area contributed by atoms with Crippen LogP contribution in [0, 0.1) is 5.82 Å². The molecule has 2 bridgehead atoms. The number of phenols is 1. The number of halogens is 4. The summed E-state index contributed by atoms with van der Waals surface area (Å²) in [5.74, 6) is -0.261. The van der Waals surface area contributed by atoms with Gasteiger partial charge >= 0.3 is 12.2 Å². The highest BCUT2D eigenvalue weighted by Crippen LogP contribution is 2.41. The van der Waals surface area contributed by atoms with Gasteiger partial charge < -0.3 is 14.7 Å². The number of nitrogens with zero attached hydrogens (tertiary/aromatic N) is 6. The number of anilines is 1. The van der Waals surface area contributed by atoms with E-state index in [1.807, 2.05) is 29.2 Å². The van der Waals surface area contributed by atoms with Crippen molar-refractivity contribution < 1.29 is 27.4 Å². The zero-order valence-electron chi connectivity index (χ0n) is 24.7. The quantitative estimate of drug-likeness (QED) is 0.266. The van der Waals surface area contributed by atoms with Crippen LogP contribution in [0.4, 0.5) is 23.4 Å². The summed E-state index contributed by atoms with van der Waals surface area (Å²) in [6, 6.07) is 9.94. The van der Waals surface area contributed by atoms with Gasteiger partial charge in [0.1, 0.15) is 29.4 Å². The van der Waals surface area contributed by atoms with E-state index in [1.54, 1.807) is 11.0 Å². The van der Waals surface area contributed by atoms with Gasteiger partial charge in [0.2, 0.25) is 0 Å². The third-order valence-electron chi connectivity index (χ3n) is 10.3. The van der Waals surface area contributed by atoms with Crippen LogP contribution >= 0.6 is 0 Å². The minimum absolute atomic E-state index is 0.0125. The molecule has 0 spiro atoms. The molecular formula is C33H34F4N6O2. The first-order valence-corrected chi connectivity index (χ1v) is 15.7.